The van der Waals surface area contributed by atoms with Gasteiger partial charge in [0.2, 0.25) is 11.8 Å². The van der Waals surface area contributed by atoms with Crippen molar-refractivity contribution in [3.05, 3.63) is 63.5 Å². The molecule has 1 unspecified atom stereocenters. The molecule has 1 spiro atoms. The lowest BCUT2D eigenvalue weighted by Gasteiger charge is -2.43. The van der Waals surface area contributed by atoms with E-state index in [1.165, 1.54) is 16.9 Å². The Bertz CT molecular complexity index is 1290. The SMILES string of the molecule is O=C(/C=C/c1cnc2c(c1)CC1(CCN(CCCOC3CCCCO3)CC1)C(=O)N2)N1CC=C(Cc2cccs2)CC1. The minimum Gasteiger partial charge on any atom is -0.353 e. The molecule has 8 nitrogen and oxygen atoms in total. The van der Waals surface area contributed by atoms with E-state index in [9.17, 15) is 9.59 Å². The molecule has 0 aromatic carbocycles. The lowest BCUT2D eigenvalue weighted by Crippen LogP contribution is -2.50. The van der Waals surface area contributed by atoms with Crippen LogP contribution in [0.4, 0.5) is 5.82 Å². The van der Waals surface area contributed by atoms with Crippen molar-refractivity contribution in [3.63, 3.8) is 0 Å². The molecule has 0 aliphatic carbocycles. The highest BCUT2D eigenvalue weighted by atomic mass is 32.1. The minimum absolute atomic E-state index is 0.0213. The predicted octanol–water partition coefficient (Wildman–Crippen LogP) is 5.07. The molecule has 1 atom stereocenters. The van der Waals surface area contributed by atoms with E-state index in [2.05, 4.69) is 44.9 Å². The zero-order valence-corrected chi connectivity index (χ0v) is 25.2. The number of carbonyl (C=O) groups excluding carboxylic acids is 2. The number of likely N-dealkylation sites (tertiary alicyclic amines) is 1. The first kappa shape index (κ1) is 29.2. The van der Waals surface area contributed by atoms with Gasteiger partial charge in [0.05, 0.1) is 12.0 Å². The number of piperidine rings is 1. The van der Waals surface area contributed by atoms with Gasteiger partial charge >= 0.3 is 0 Å². The first-order valence-corrected chi connectivity index (χ1v) is 16.4. The van der Waals surface area contributed by atoms with E-state index in [0.717, 1.165) is 95.5 Å². The molecule has 2 fully saturated rings. The molecular weight excluding hydrogens is 548 g/mol. The zero-order valence-electron chi connectivity index (χ0n) is 24.4. The summed E-state index contributed by atoms with van der Waals surface area (Å²) < 4.78 is 11.5. The maximum Gasteiger partial charge on any atom is 0.246 e. The topological polar surface area (TPSA) is 84.0 Å². The zero-order chi connectivity index (χ0) is 28.8. The molecule has 9 heteroatoms. The Morgan fingerprint density at radius 1 is 1.26 bits per heavy atom. The van der Waals surface area contributed by atoms with Gasteiger partial charge in [-0.3, -0.25) is 9.59 Å². The number of nitrogens with one attached hydrogen (secondary N) is 1. The number of pyridine rings is 1. The first-order chi connectivity index (χ1) is 20.6. The minimum atomic E-state index is -0.392. The Hall–Kier alpha value is -2.85. The number of rotatable bonds is 9. The van der Waals surface area contributed by atoms with Gasteiger partial charge < -0.3 is 24.6 Å². The van der Waals surface area contributed by atoms with Crippen molar-refractivity contribution in [3.8, 4) is 0 Å². The molecule has 2 amide bonds. The van der Waals surface area contributed by atoms with Gasteiger partial charge in [0.25, 0.3) is 0 Å². The summed E-state index contributed by atoms with van der Waals surface area (Å²) in [5.41, 5.74) is 2.96. The maximum absolute atomic E-state index is 13.2. The van der Waals surface area contributed by atoms with Crippen LogP contribution in [-0.2, 0) is 31.9 Å². The Morgan fingerprint density at radius 2 is 2.17 bits per heavy atom. The Balaban J connectivity index is 0.986. The van der Waals surface area contributed by atoms with E-state index >= 15 is 0 Å². The Kier molecular flexibility index (Phi) is 9.49. The summed E-state index contributed by atoms with van der Waals surface area (Å²) in [6.45, 7) is 5.72. The van der Waals surface area contributed by atoms with Crippen molar-refractivity contribution in [2.75, 3.05) is 51.3 Å². The number of thiophene rings is 1. The number of anilines is 1. The van der Waals surface area contributed by atoms with E-state index in [0.29, 0.717) is 18.8 Å². The van der Waals surface area contributed by atoms with Crippen LogP contribution < -0.4 is 5.32 Å². The fraction of sp³-hybridized carbons (Fsp3) is 0.545. The summed E-state index contributed by atoms with van der Waals surface area (Å²) >= 11 is 1.78. The number of carbonyl (C=O) groups is 2. The largest absolute Gasteiger partial charge is 0.353 e. The van der Waals surface area contributed by atoms with Gasteiger partial charge in [-0.2, -0.15) is 0 Å². The van der Waals surface area contributed by atoms with E-state index in [1.54, 1.807) is 23.6 Å². The summed E-state index contributed by atoms with van der Waals surface area (Å²) in [5.74, 6) is 0.765. The smallest absolute Gasteiger partial charge is 0.246 e. The fourth-order valence-corrected chi connectivity index (χ4v) is 7.25. The number of hydrogen-bond donors (Lipinski definition) is 1. The molecule has 2 aromatic heterocycles. The highest BCUT2D eigenvalue weighted by Crippen LogP contribution is 2.41. The third-order valence-electron chi connectivity index (χ3n) is 9.12. The highest BCUT2D eigenvalue weighted by molar-refractivity contribution is 7.09. The second-order valence-corrected chi connectivity index (χ2v) is 13.1. The Labute approximate surface area is 252 Å². The predicted molar refractivity (Wildman–Crippen MR) is 165 cm³/mol. The molecule has 224 valence electrons. The molecule has 2 aromatic rings. The molecule has 6 heterocycles. The first-order valence-electron chi connectivity index (χ1n) is 15.5. The number of amides is 2. The lowest BCUT2D eigenvalue weighted by molar-refractivity contribution is -0.163. The van der Waals surface area contributed by atoms with E-state index in [1.807, 2.05) is 11.0 Å². The number of aromatic nitrogens is 1. The van der Waals surface area contributed by atoms with Gasteiger partial charge in [-0.25, -0.2) is 4.98 Å². The van der Waals surface area contributed by atoms with Crippen LogP contribution in [0.1, 0.15) is 60.9 Å². The molecule has 2 saturated heterocycles. The van der Waals surface area contributed by atoms with Crippen molar-refractivity contribution in [2.24, 2.45) is 5.41 Å². The van der Waals surface area contributed by atoms with Crippen LogP contribution in [0.5, 0.6) is 0 Å². The van der Waals surface area contributed by atoms with Crippen LogP contribution in [0, 0.1) is 5.41 Å². The molecule has 4 aliphatic heterocycles. The summed E-state index contributed by atoms with van der Waals surface area (Å²) in [4.78, 5) is 36.3. The molecule has 0 saturated carbocycles. The number of fused-ring (bicyclic) bond motifs is 1. The second kappa shape index (κ2) is 13.6. The Morgan fingerprint density at radius 3 is 2.93 bits per heavy atom. The summed E-state index contributed by atoms with van der Waals surface area (Å²) in [6, 6.07) is 6.34. The van der Waals surface area contributed by atoms with E-state index in [4.69, 9.17) is 9.47 Å². The molecule has 4 aliphatic rings. The fourth-order valence-electron chi connectivity index (χ4n) is 6.49. The van der Waals surface area contributed by atoms with Gasteiger partial charge in [-0.1, -0.05) is 17.7 Å². The van der Waals surface area contributed by atoms with Crippen molar-refractivity contribution >= 4 is 35.0 Å². The summed E-state index contributed by atoms with van der Waals surface area (Å²) in [5, 5.41) is 5.19. The van der Waals surface area contributed by atoms with Crippen molar-refractivity contribution in [2.45, 2.75) is 64.1 Å². The summed E-state index contributed by atoms with van der Waals surface area (Å²) in [7, 11) is 0. The standard InChI is InChI=1S/C33H42N4O4S/c38-29(37-14-9-25(10-15-37)22-28-5-3-20-42-28)8-7-26-21-27-23-33(32(39)35-31(27)34-24-26)11-16-36(17-12-33)13-4-19-41-30-6-1-2-18-40-30/h3,5,7-9,20-21,24,30H,1-2,4,6,10-19,22-23H2,(H,34,35,39)/b8-7+. The molecule has 42 heavy (non-hydrogen) atoms. The number of hydrogen-bond acceptors (Lipinski definition) is 7. The lowest BCUT2D eigenvalue weighted by atomic mass is 9.71. The monoisotopic (exact) mass is 590 g/mol. The normalized spacial score (nSPS) is 22.7. The van der Waals surface area contributed by atoms with Crippen LogP contribution in [-0.4, -0.2) is 78.8 Å². The third kappa shape index (κ3) is 7.19. The van der Waals surface area contributed by atoms with Gasteiger partial charge in [0.15, 0.2) is 6.29 Å². The van der Waals surface area contributed by atoms with Crippen molar-refractivity contribution in [1.82, 2.24) is 14.8 Å². The second-order valence-electron chi connectivity index (χ2n) is 12.0. The van der Waals surface area contributed by atoms with Crippen LogP contribution in [0.25, 0.3) is 6.08 Å². The average Bonchev–Trinajstić information content (AvgIpc) is 3.54. The van der Waals surface area contributed by atoms with Gasteiger partial charge in [-0.05, 0) is 99.2 Å². The van der Waals surface area contributed by atoms with E-state index < -0.39 is 5.41 Å². The van der Waals surface area contributed by atoms with Crippen molar-refractivity contribution < 1.29 is 19.1 Å². The third-order valence-corrected chi connectivity index (χ3v) is 9.99. The quantitative estimate of drug-likeness (QED) is 0.250. The van der Waals surface area contributed by atoms with E-state index in [-0.39, 0.29) is 18.1 Å². The molecular formula is C33H42N4O4S. The van der Waals surface area contributed by atoms with Gasteiger partial charge in [0.1, 0.15) is 5.82 Å². The van der Waals surface area contributed by atoms with Gasteiger partial charge in [-0.15, -0.1) is 11.3 Å². The van der Waals surface area contributed by atoms with Crippen LogP contribution in [0.15, 0.2) is 47.5 Å². The van der Waals surface area contributed by atoms with Crippen LogP contribution in [0.3, 0.4) is 0 Å². The summed E-state index contributed by atoms with van der Waals surface area (Å²) in [6.07, 6.45) is 16.0. The molecule has 0 radical (unpaired) electrons. The maximum atomic E-state index is 13.2. The van der Waals surface area contributed by atoms with Crippen molar-refractivity contribution in [1.29, 1.82) is 0 Å². The van der Waals surface area contributed by atoms with Crippen LogP contribution in [0.2, 0.25) is 0 Å². The number of nitrogens with zero attached hydrogens (tertiary/aromatic N) is 3. The highest BCUT2D eigenvalue weighted by Gasteiger charge is 2.44. The molecule has 0 bridgehead atoms. The van der Waals surface area contributed by atoms with Crippen LogP contribution >= 0.6 is 11.3 Å². The van der Waals surface area contributed by atoms with Gasteiger partial charge in [0, 0.05) is 49.8 Å². The molecule has 1 N–H and O–H groups in total. The molecule has 6 rings (SSSR count). The number of ether oxygens (including phenoxy) is 2. The average molecular weight is 591 g/mol.